The first-order chi connectivity index (χ1) is 10.2. The van der Waals surface area contributed by atoms with Gasteiger partial charge in [0.1, 0.15) is 5.82 Å². The molecule has 1 aromatic rings. The number of hydrogen-bond donors (Lipinski definition) is 2. The van der Waals surface area contributed by atoms with Crippen molar-refractivity contribution in [1.29, 1.82) is 0 Å². The lowest BCUT2D eigenvalue weighted by Crippen LogP contribution is -2.46. The lowest BCUT2D eigenvalue weighted by molar-refractivity contribution is 0.1000. The molecule has 1 saturated heterocycles. The zero-order valence-corrected chi connectivity index (χ0v) is 12.5. The first-order valence-corrected chi connectivity index (χ1v) is 7.64. The maximum Gasteiger partial charge on any atom is 0.250 e. The van der Waals surface area contributed by atoms with Crippen molar-refractivity contribution in [2.75, 3.05) is 44.2 Å². The van der Waals surface area contributed by atoms with Gasteiger partial charge in [0.05, 0.1) is 5.56 Å². The summed E-state index contributed by atoms with van der Waals surface area (Å²) in [4.78, 5) is 20.1. The third kappa shape index (κ3) is 4.68. The van der Waals surface area contributed by atoms with E-state index in [1.54, 1.807) is 12.3 Å². The number of carbonyl (C=O) groups is 1. The number of rotatable bonds is 7. The van der Waals surface area contributed by atoms with Gasteiger partial charge in [-0.3, -0.25) is 9.69 Å². The van der Waals surface area contributed by atoms with Gasteiger partial charge in [-0.25, -0.2) is 4.98 Å². The number of nitrogens with zero attached hydrogens (tertiary/aromatic N) is 3. The Kier molecular flexibility index (Phi) is 5.95. The van der Waals surface area contributed by atoms with Crippen LogP contribution in [0.1, 0.15) is 29.6 Å². The van der Waals surface area contributed by atoms with E-state index in [1.165, 1.54) is 12.8 Å². The highest BCUT2D eigenvalue weighted by molar-refractivity contribution is 5.92. The molecule has 0 radical (unpaired) electrons. The molecule has 1 amide bonds. The van der Waals surface area contributed by atoms with Gasteiger partial charge in [-0.2, -0.15) is 0 Å². The monoisotopic (exact) mass is 291 g/mol. The smallest absolute Gasteiger partial charge is 0.250 e. The first-order valence-electron chi connectivity index (χ1n) is 7.64. The summed E-state index contributed by atoms with van der Waals surface area (Å²) >= 11 is 0. The Morgan fingerprint density at radius 2 is 1.90 bits per heavy atom. The Morgan fingerprint density at radius 3 is 2.48 bits per heavy atom. The van der Waals surface area contributed by atoms with E-state index < -0.39 is 5.91 Å². The van der Waals surface area contributed by atoms with Gasteiger partial charge < -0.3 is 16.4 Å². The van der Waals surface area contributed by atoms with Crippen molar-refractivity contribution in [3.8, 4) is 0 Å². The number of hydrogen-bond acceptors (Lipinski definition) is 5. The molecule has 2 rings (SSSR count). The van der Waals surface area contributed by atoms with Crippen LogP contribution < -0.4 is 16.4 Å². The maximum atomic E-state index is 11.0. The molecule has 0 spiro atoms. The number of piperazine rings is 1. The Hall–Kier alpha value is -1.66. The average molecular weight is 291 g/mol. The highest BCUT2D eigenvalue weighted by atomic mass is 16.1. The third-order valence-electron chi connectivity index (χ3n) is 3.91. The van der Waals surface area contributed by atoms with Crippen LogP contribution in [0, 0.1) is 0 Å². The van der Waals surface area contributed by atoms with Gasteiger partial charge in [-0.15, -0.1) is 0 Å². The molecule has 2 heterocycles. The highest BCUT2D eigenvalue weighted by Crippen LogP contribution is 2.14. The lowest BCUT2D eigenvalue weighted by atomic mass is 10.2. The van der Waals surface area contributed by atoms with Gasteiger partial charge in [0.25, 0.3) is 0 Å². The molecule has 0 atom stereocenters. The van der Waals surface area contributed by atoms with Crippen LogP contribution in [0.2, 0.25) is 0 Å². The van der Waals surface area contributed by atoms with Gasteiger partial charge in [0, 0.05) is 32.4 Å². The van der Waals surface area contributed by atoms with E-state index in [4.69, 9.17) is 11.5 Å². The highest BCUT2D eigenvalue weighted by Gasteiger charge is 2.17. The molecular weight excluding hydrogens is 266 g/mol. The lowest BCUT2D eigenvalue weighted by Gasteiger charge is -2.35. The fourth-order valence-electron chi connectivity index (χ4n) is 2.58. The molecule has 0 unspecified atom stereocenters. The van der Waals surface area contributed by atoms with Crippen molar-refractivity contribution < 1.29 is 4.79 Å². The molecule has 4 N–H and O–H groups in total. The van der Waals surface area contributed by atoms with Crippen molar-refractivity contribution in [1.82, 2.24) is 9.88 Å². The number of anilines is 1. The quantitative estimate of drug-likeness (QED) is 0.711. The first kappa shape index (κ1) is 15.7. The van der Waals surface area contributed by atoms with Crippen molar-refractivity contribution in [3.05, 3.63) is 23.9 Å². The van der Waals surface area contributed by atoms with Crippen LogP contribution in [-0.2, 0) is 0 Å². The predicted molar refractivity (Wildman–Crippen MR) is 84.3 cm³/mol. The summed E-state index contributed by atoms with van der Waals surface area (Å²) < 4.78 is 0. The van der Waals surface area contributed by atoms with E-state index >= 15 is 0 Å². The molecule has 6 nitrogen and oxygen atoms in total. The van der Waals surface area contributed by atoms with Crippen LogP contribution in [0.5, 0.6) is 0 Å². The minimum absolute atomic E-state index is 0.434. The van der Waals surface area contributed by atoms with Crippen LogP contribution in [-0.4, -0.2) is 55.1 Å². The fraction of sp³-hybridized carbons (Fsp3) is 0.600. The average Bonchev–Trinajstić information content (AvgIpc) is 2.52. The van der Waals surface area contributed by atoms with Gasteiger partial charge in [0.2, 0.25) is 5.91 Å². The van der Waals surface area contributed by atoms with Crippen molar-refractivity contribution >= 4 is 11.7 Å². The van der Waals surface area contributed by atoms with E-state index in [-0.39, 0.29) is 0 Å². The van der Waals surface area contributed by atoms with E-state index in [9.17, 15) is 4.79 Å². The number of nitrogens with two attached hydrogens (primary N) is 2. The van der Waals surface area contributed by atoms with Crippen LogP contribution >= 0.6 is 0 Å². The van der Waals surface area contributed by atoms with Crippen molar-refractivity contribution in [2.45, 2.75) is 19.3 Å². The minimum Gasteiger partial charge on any atom is -0.366 e. The third-order valence-corrected chi connectivity index (χ3v) is 3.91. The van der Waals surface area contributed by atoms with E-state index in [2.05, 4.69) is 14.8 Å². The SMILES string of the molecule is NCCCCCN1CCN(c2ccc(C(N)=O)cn2)CC1. The molecule has 6 heteroatoms. The maximum absolute atomic E-state index is 11.0. The second-order valence-corrected chi connectivity index (χ2v) is 5.45. The minimum atomic E-state index is -0.434. The van der Waals surface area contributed by atoms with Crippen molar-refractivity contribution in [3.63, 3.8) is 0 Å². The Bertz CT molecular complexity index is 440. The predicted octanol–water partition coefficient (Wildman–Crippen LogP) is 0.432. The standard InChI is InChI=1S/C15H25N5O/c16-6-2-1-3-7-19-8-10-20(11-9-19)14-5-4-13(12-18-14)15(17)21/h4-5,12H,1-3,6-11,16H2,(H2,17,21). The summed E-state index contributed by atoms with van der Waals surface area (Å²) in [5.41, 5.74) is 11.2. The molecular formula is C15H25N5O. The number of aromatic nitrogens is 1. The molecule has 116 valence electrons. The van der Waals surface area contributed by atoms with Crippen molar-refractivity contribution in [2.24, 2.45) is 11.5 Å². The fourth-order valence-corrected chi connectivity index (χ4v) is 2.58. The van der Waals surface area contributed by atoms with Gasteiger partial charge >= 0.3 is 0 Å². The van der Waals surface area contributed by atoms with Crippen LogP contribution in [0.15, 0.2) is 18.3 Å². The summed E-state index contributed by atoms with van der Waals surface area (Å²) in [5.74, 6) is 0.485. The van der Waals surface area contributed by atoms with Crippen LogP contribution in [0.3, 0.4) is 0 Å². The normalized spacial score (nSPS) is 16.1. The van der Waals surface area contributed by atoms with Gasteiger partial charge in [-0.05, 0) is 38.1 Å². The Labute approximate surface area is 126 Å². The second-order valence-electron chi connectivity index (χ2n) is 5.45. The Morgan fingerprint density at radius 1 is 1.14 bits per heavy atom. The molecule has 1 aliphatic heterocycles. The topological polar surface area (TPSA) is 88.5 Å². The summed E-state index contributed by atoms with van der Waals surface area (Å²) in [5, 5.41) is 0. The zero-order chi connectivity index (χ0) is 15.1. The molecule has 1 aromatic heterocycles. The number of primary amides is 1. The molecule has 0 saturated carbocycles. The molecule has 21 heavy (non-hydrogen) atoms. The summed E-state index contributed by atoms with van der Waals surface area (Å²) in [6, 6.07) is 3.61. The zero-order valence-electron chi connectivity index (χ0n) is 12.5. The molecule has 0 aliphatic carbocycles. The van der Waals surface area contributed by atoms with Gasteiger partial charge in [-0.1, -0.05) is 6.42 Å². The van der Waals surface area contributed by atoms with E-state index in [0.717, 1.165) is 51.5 Å². The number of pyridine rings is 1. The summed E-state index contributed by atoms with van der Waals surface area (Å²) in [6.45, 7) is 6.01. The molecule has 0 aromatic carbocycles. The number of unbranched alkanes of at least 4 members (excludes halogenated alkanes) is 2. The summed E-state index contributed by atoms with van der Waals surface area (Å²) in [6.07, 6.45) is 5.11. The van der Waals surface area contributed by atoms with E-state index in [1.807, 2.05) is 6.07 Å². The van der Waals surface area contributed by atoms with Crippen LogP contribution in [0.4, 0.5) is 5.82 Å². The van der Waals surface area contributed by atoms with Gasteiger partial charge in [0.15, 0.2) is 0 Å². The Balaban J connectivity index is 1.76. The molecule has 0 bridgehead atoms. The molecule has 1 fully saturated rings. The number of carbonyl (C=O) groups excluding carboxylic acids is 1. The number of amides is 1. The summed E-state index contributed by atoms with van der Waals surface area (Å²) in [7, 11) is 0. The molecule has 1 aliphatic rings. The van der Waals surface area contributed by atoms with Crippen LogP contribution in [0.25, 0.3) is 0 Å². The van der Waals surface area contributed by atoms with E-state index in [0.29, 0.717) is 5.56 Å². The second kappa shape index (κ2) is 7.95. The largest absolute Gasteiger partial charge is 0.366 e.